The van der Waals surface area contributed by atoms with Gasteiger partial charge < -0.3 is 18.9 Å². The van der Waals surface area contributed by atoms with Crippen LogP contribution < -0.4 is 14.2 Å². The molecule has 1 aliphatic heterocycles. The molecule has 172 valence electrons. The maximum absolute atomic E-state index is 12.6. The van der Waals surface area contributed by atoms with Crippen LogP contribution in [0.3, 0.4) is 0 Å². The Balaban J connectivity index is 1.59. The van der Waals surface area contributed by atoms with Gasteiger partial charge in [0, 0.05) is 5.56 Å². The van der Waals surface area contributed by atoms with Gasteiger partial charge in [-0.15, -0.1) is 0 Å². The van der Waals surface area contributed by atoms with Gasteiger partial charge in [0.25, 0.3) is 0 Å². The van der Waals surface area contributed by atoms with Crippen molar-refractivity contribution >= 4 is 23.9 Å². The van der Waals surface area contributed by atoms with E-state index in [9.17, 15) is 9.59 Å². The summed E-state index contributed by atoms with van der Waals surface area (Å²) in [5.74, 6) is 0.439. The Labute approximate surface area is 197 Å². The molecule has 0 aromatic heterocycles. The summed E-state index contributed by atoms with van der Waals surface area (Å²) in [7, 11) is 1.56. The first-order valence-electron chi connectivity index (χ1n) is 10.7. The molecule has 1 heterocycles. The summed E-state index contributed by atoms with van der Waals surface area (Å²) in [6, 6.07) is 19.3. The Morgan fingerprint density at radius 3 is 2.62 bits per heavy atom. The van der Waals surface area contributed by atoms with Gasteiger partial charge >= 0.3 is 11.9 Å². The molecule has 0 fully saturated rings. The molecule has 0 atom stereocenters. The maximum Gasteiger partial charge on any atom is 0.363 e. The van der Waals surface area contributed by atoms with Crippen LogP contribution in [0.15, 0.2) is 77.4 Å². The quantitative estimate of drug-likeness (QED) is 0.283. The van der Waals surface area contributed by atoms with Gasteiger partial charge in [0.05, 0.1) is 19.3 Å². The third-order valence-electron chi connectivity index (χ3n) is 4.96. The Hall–Kier alpha value is -4.39. The van der Waals surface area contributed by atoms with Crippen LogP contribution in [-0.4, -0.2) is 31.6 Å². The number of nitrogens with zero attached hydrogens (tertiary/aromatic N) is 1. The molecule has 0 saturated heterocycles. The van der Waals surface area contributed by atoms with E-state index in [1.165, 1.54) is 0 Å². The zero-order valence-corrected chi connectivity index (χ0v) is 19.0. The van der Waals surface area contributed by atoms with Crippen molar-refractivity contribution in [3.8, 4) is 17.2 Å². The van der Waals surface area contributed by atoms with Crippen molar-refractivity contribution < 1.29 is 28.5 Å². The van der Waals surface area contributed by atoms with Gasteiger partial charge in [0.1, 0.15) is 5.75 Å². The average Bonchev–Trinajstić information content (AvgIpc) is 3.21. The summed E-state index contributed by atoms with van der Waals surface area (Å²) in [5, 5.41) is 0. The second-order valence-electron chi connectivity index (χ2n) is 7.47. The first-order chi connectivity index (χ1) is 16.5. The van der Waals surface area contributed by atoms with Gasteiger partial charge in [-0.3, -0.25) is 0 Å². The van der Waals surface area contributed by atoms with Gasteiger partial charge in [0.15, 0.2) is 17.2 Å². The zero-order chi connectivity index (χ0) is 24.1. The highest BCUT2D eigenvalue weighted by atomic mass is 16.6. The van der Waals surface area contributed by atoms with Gasteiger partial charge in [-0.2, -0.15) is 0 Å². The lowest BCUT2D eigenvalue weighted by molar-refractivity contribution is -0.129. The minimum Gasteiger partial charge on any atom is -0.497 e. The van der Waals surface area contributed by atoms with Crippen LogP contribution in [0, 0.1) is 6.92 Å². The Bertz CT molecular complexity index is 1310. The van der Waals surface area contributed by atoms with E-state index in [0.717, 1.165) is 5.56 Å². The number of carbonyl (C=O) groups is 2. The number of aryl methyl sites for hydroxylation is 1. The molecule has 3 aromatic carbocycles. The predicted octanol–water partition coefficient (Wildman–Crippen LogP) is 4.97. The van der Waals surface area contributed by atoms with Crippen LogP contribution in [0.1, 0.15) is 34.0 Å². The minimum atomic E-state index is -0.564. The lowest BCUT2D eigenvalue weighted by Crippen LogP contribution is -2.10. The summed E-state index contributed by atoms with van der Waals surface area (Å²) in [4.78, 5) is 29.3. The highest BCUT2D eigenvalue weighted by Crippen LogP contribution is 2.31. The van der Waals surface area contributed by atoms with Crippen molar-refractivity contribution in [1.29, 1.82) is 0 Å². The molecule has 0 radical (unpaired) electrons. The van der Waals surface area contributed by atoms with Crippen LogP contribution in [0.25, 0.3) is 6.08 Å². The number of ether oxygens (including phenoxy) is 4. The van der Waals surface area contributed by atoms with E-state index in [-0.39, 0.29) is 17.3 Å². The summed E-state index contributed by atoms with van der Waals surface area (Å²) < 4.78 is 21.8. The maximum atomic E-state index is 12.6. The smallest absolute Gasteiger partial charge is 0.363 e. The molecule has 7 nitrogen and oxygen atoms in total. The Morgan fingerprint density at radius 1 is 1.03 bits per heavy atom. The van der Waals surface area contributed by atoms with E-state index >= 15 is 0 Å². The second kappa shape index (κ2) is 10.0. The van der Waals surface area contributed by atoms with Crippen molar-refractivity contribution in [3.05, 3.63) is 94.7 Å². The summed E-state index contributed by atoms with van der Waals surface area (Å²) >= 11 is 0. The number of hydrogen-bond donors (Lipinski definition) is 0. The van der Waals surface area contributed by atoms with Gasteiger partial charge in [-0.25, -0.2) is 14.6 Å². The standard InChI is InChI=1S/C27H23NO6/c1-4-32-24-15-18(11-12-23(24)33-26(29)20-9-5-7-17(2)13-20)14-22-27(30)34-25(28-22)19-8-6-10-21(16-19)31-3/h5-16H,4H2,1-3H3/b22-14+. The molecular formula is C27H23NO6. The Kier molecular flexibility index (Phi) is 6.73. The Morgan fingerprint density at radius 2 is 1.85 bits per heavy atom. The number of methoxy groups -OCH3 is 1. The van der Waals surface area contributed by atoms with Gasteiger partial charge in [-0.1, -0.05) is 29.8 Å². The number of cyclic esters (lactones) is 1. The normalized spacial score (nSPS) is 13.9. The monoisotopic (exact) mass is 457 g/mol. The molecule has 1 aliphatic rings. The summed E-state index contributed by atoms with van der Waals surface area (Å²) in [5.41, 5.74) is 2.82. The number of aliphatic imine (C=N–C) groups is 1. The number of hydrogen-bond acceptors (Lipinski definition) is 7. The molecular weight excluding hydrogens is 434 g/mol. The number of carbonyl (C=O) groups excluding carboxylic acids is 2. The molecule has 0 amide bonds. The third kappa shape index (κ3) is 5.15. The van der Waals surface area contributed by atoms with Crippen LogP contribution in [-0.2, 0) is 9.53 Å². The fourth-order valence-electron chi connectivity index (χ4n) is 3.34. The van der Waals surface area contributed by atoms with E-state index in [4.69, 9.17) is 18.9 Å². The fourth-order valence-corrected chi connectivity index (χ4v) is 3.34. The zero-order valence-electron chi connectivity index (χ0n) is 19.0. The fraction of sp³-hybridized carbons (Fsp3) is 0.148. The molecule has 34 heavy (non-hydrogen) atoms. The highest BCUT2D eigenvalue weighted by Gasteiger charge is 2.24. The first kappa shape index (κ1) is 22.8. The summed E-state index contributed by atoms with van der Waals surface area (Å²) in [6.45, 7) is 4.10. The lowest BCUT2D eigenvalue weighted by Gasteiger charge is -2.11. The first-order valence-corrected chi connectivity index (χ1v) is 10.7. The number of esters is 2. The van der Waals surface area contributed by atoms with E-state index < -0.39 is 11.9 Å². The molecule has 0 N–H and O–H groups in total. The van der Waals surface area contributed by atoms with Crippen molar-refractivity contribution in [1.82, 2.24) is 0 Å². The highest BCUT2D eigenvalue weighted by molar-refractivity contribution is 6.13. The minimum absolute atomic E-state index is 0.143. The molecule has 4 rings (SSSR count). The van der Waals surface area contributed by atoms with Crippen LogP contribution in [0.5, 0.6) is 17.2 Å². The molecule has 0 spiro atoms. The lowest BCUT2D eigenvalue weighted by atomic mass is 10.1. The number of rotatable bonds is 7. The molecule has 0 bridgehead atoms. The molecule has 0 unspecified atom stereocenters. The number of benzene rings is 3. The molecule has 0 aliphatic carbocycles. The van der Waals surface area contributed by atoms with Crippen molar-refractivity contribution in [2.45, 2.75) is 13.8 Å². The molecule has 7 heteroatoms. The average molecular weight is 457 g/mol. The SMILES string of the molecule is CCOc1cc(/C=C2/N=C(c3cccc(OC)c3)OC2=O)ccc1OC(=O)c1cccc(C)c1. The third-order valence-corrected chi connectivity index (χ3v) is 4.96. The van der Waals surface area contributed by atoms with E-state index in [1.807, 2.05) is 19.9 Å². The van der Waals surface area contributed by atoms with Crippen molar-refractivity contribution in [3.63, 3.8) is 0 Å². The van der Waals surface area contributed by atoms with Gasteiger partial charge in [-0.05, 0) is 68.0 Å². The van der Waals surface area contributed by atoms with Crippen LogP contribution in [0.4, 0.5) is 0 Å². The second-order valence-corrected chi connectivity index (χ2v) is 7.47. The molecule has 0 saturated carbocycles. The summed E-state index contributed by atoms with van der Waals surface area (Å²) in [6.07, 6.45) is 1.59. The van der Waals surface area contributed by atoms with Crippen molar-refractivity contribution in [2.75, 3.05) is 13.7 Å². The van der Waals surface area contributed by atoms with E-state index in [1.54, 1.807) is 73.8 Å². The topological polar surface area (TPSA) is 83.4 Å². The van der Waals surface area contributed by atoms with E-state index in [2.05, 4.69) is 4.99 Å². The van der Waals surface area contributed by atoms with Crippen LogP contribution in [0.2, 0.25) is 0 Å². The molecule has 3 aromatic rings. The van der Waals surface area contributed by atoms with Crippen LogP contribution >= 0.6 is 0 Å². The van der Waals surface area contributed by atoms with Crippen molar-refractivity contribution in [2.24, 2.45) is 4.99 Å². The van der Waals surface area contributed by atoms with E-state index in [0.29, 0.717) is 34.8 Å². The van der Waals surface area contributed by atoms with Gasteiger partial charge in [0.2, 0.25) is 5.90 Å². The largest absolute Gasteiger partial charge is 0.497 e. The predicted molar refractivity (Wildman–Crippen MR) is 127 cm³/mol.